The molecular weight excluding hydrogens is 224 g/mol. The molecule has 0 amide bonds. The van der Waals surface area contributed by atoms with Gasteiger partial charge in [0.05, 0.1) is 27.4 Å². The van der Waals surface area contributed by atoms with Crippen LogP contribution in [0, 0.1) is 0 Å². The average molecular weight is 242 g/mol. The maximum absolute atomic E-state index is 9.92. The molecule has 17 heavy (non-hydrogen) atoms. The number of methoxy groups -OCH3 is 3. The Bertz CT molecular complexity index is 387. The van der Waals surface area contributed by atoms with Crippen molar-refractivity contribution < 1.29 is 24.1 Å². The molecule has 1 aromatic carbocycles. The zero-order chi connectivity index (χ0) is 13.0. The molecule has 0 spiro atoms. The van der Waals surface area contributed by atoms with Gasteiger partial charge in [0, 0.05) is 6.07 Å². The van der Waals surface area contributed by atoms with Gasteiger partial charge in [-0.15, -0.1) is 0 Å². The van der Waals surface area contributed by atoms with Gasteiger partial charge in [-0.05, 0) is 13.8 Å². The molecule has 96 valence electrons. The van der Waals surface area contributed by atoms with Crippen LogP contribution in [0.25, 0.3) is 0 Å². The standard InChI is InChI=1S/C12H18O5/c1-7(2)17-11-9(15-4)6-8(14-3)10(13)12(11)16-5/h6-7,13H,1-5H3. The Hall–Kier alpha value is -1.78. The van der Waals surface area contributed by atoms with E-state index in [0.29, 0.717) is 11.5 Å². The molecule has 0 aliphatic carbocycles. The first-order chi connectivity index (χ1) is 8.04. The summed E-state index contributed by atoms with van der Waals surface area (Å²) in [7, 11) is 4.41. The molecule has 0 aliphatic heterocycles. The van der Waals surface area contributed by atoms with Crippen molar-refractivity contribution in [2.75, 3.05) is 21.3 Å². The molecule has 0 bridgehead atoms. The van der Waals surface area contributed by atoms with Crippen molar-refractivity contribution in [3.8, 4) is 28.7 Å². The Morgan fingerprint density at radius 1 is 0.941 bits per heavy atom. The number of ether oxygens (including phenoxy) is 4. The van der Waals surface area contributed by atoms with Gasteiger partial charge in [-0.25, -0.2) is 0 Å². The average Bonchev–Trinajstić information content (AvgIpc) is 2.29. The number of phenols is 1. The summed E-state index contributed by atoms with van der Waals surface area (Å²) in [5.41, 5.74) is 0. The lowest BCUT2D eigenvalue weighted by atomic mass is 10.2. The Morgan fingerprint density at radius 3 is 1.94 bits per heavy atom. The first kappa shape index (κ1) is 13.3. The zero-order valence-electron chi connectivity index (χ0n) is 10.7. The van der Waals surface area contributed by atoms with E-state index in [1.165, 1.54) is 21.3 Å². The lowest BCUT2D eigenvalue weighted by Crippen LogP contribution is -2.08. The van der Waals surface area contributed by atoms with Crippen molar-refractivity contribution in [1.29, 1.82) is 0 Å². The zero-order valence-corrected chi connectivity index (χ0v) is 10.7. The third kappa shape index (κ3) is 2.67. The third-order valence-electron chi connectivity index (χ3n) is 2.14. The molecule has 0 fully saturated rings. The van der Waals surface area contributed by atoms with Crippen molar-refractivity contribution in [3.05, 3.63) is 6.07 Å². The predicted octanol–water partition coefficient (Wildman–Crippen LogP) is 2.21. The van der Waals surface area contributed by atoms with Gasteiger partial charge in [-0.2, -0.15) is 0 Å². The van der Waals surface area contributed by atoms with E-state index in [0.717, 1.165) is 0 Å². The molecule has 1 N–H and O–H groups in total. The van der Waals surface area contributed by atoms with Crippen molar-refractivity contribution >= 4 is 0 Å². The van der Waals surface area contributed by atoms with Gasteiger partial charge >= 0.3 is 0 Å². The quantitative estimate of drug-likeness (QED) is 0.857. The molecule has 0 aliphatic rings. The van der Waals surface area contributed by atoms with Crippen LogP contribution in [0.3, 0.4) is 0 Å². The predicted molar refractivity (Wildman–Crippen MR) is 63.5 cm³/mol. The Kier molecular flexibility index (Phi) is 4.31. The second-order valence-corrected chi connectivity index (χ2v) is 3.66. The molecule has 0 aromatic heterocycles. The van der Waals surface area contributed by atoms with Gasteiger partial charge in [-0.1, -0.05) is 0 Å². The number of rotatable bonds is 5. The smallest absolute Gasteiger partial charge is 0.211 e. The summed E-state index contributed by atoms with van der Waals surface area (Å²) in [6.07, 6.45) is -0.0643. The van der Waals surface area contributed by atoms with Crippen LogP contribution in [-0.4, -0.2) is 32.5 Å². The highest BCUT2D eigenvalue weighted by molar-refractivity contribution is 5.65. The monoisotopic (exact) mass is 242 g/mol. The van der Waals surface area contributed by atoms with E-state index in [1.54, 1.807) is 6.07 Å². The Labute approximate surface area is 101 Å². The highest BCUT2D eigenvalue weighted by Gasteiger charge is 2.22. The maximum Gasteiger partial charge on any atom is 0.211 e. The van der Waals surface area contributed by atoms with E-state index in [4.69, 9.17) is 18.9 Å². The second-order valence-electron chi connectivity index (χ2n) is 3.66. The van der Waals surface area contributed by atoms with Crippen molar-refractivity contribution in [3.63, 3.8) is 0 Å². The molecule has 1 aromatic rings. The highest BCUT2D eigenvalue weighted by atomic mass is 16.5. The summed E-state index contributed by atoms with van der Waals surface area (Å²) >= 11 is 0. The van der Waals surface area contributed by atoms with E-state index in [9.17, 15) is 5.11 Å². The van der Waals surface area contributed by atoms with Gasteiger partial charge < -0.3 is 24.1 Å². The van der Waals surface area contributed by atoms with Gasteiger partial charge in [0.1, 0.15) is 0 Å². The molecule has 1 rings (SSSR count). The fourth-order valence-corrected chi connectivity index (χ4v) is 1.43. The van der Waals surface area contributed by atoms with E-state index < -0.39 is 0 Å². The summed E-state index contributed by atoms with van der Waals surface area (Å²) in [4.78, 5) is 0. The Morgan fingerprint density at radius 2 is 1.53 bits per heavy atom. The molecule has 0 radical (unpaired) electrons. The summed E-state index contributed by atoms with van der Waals surface area (Å²) in [6, 6.07) is 1.55. The first-order valence-electron chi connectivity index (χ1n) is 5.23. The van der Waals surface area contributed by atoms with Gasteiger partial charge in [0.15, 0.2) is 11.5 Å². The molecule has 0 saturated heterocycles. The topological polar surface area (TPSA) is 57.2 Å². The fourth-order valence-electron chi connectivity index (χ4n) is 1.43. The Balaban J connectivity index is 3.37. The fraction of sp³-hybridized carbons (Fsp3) is 0.500. The first-order valence-corrected chi connectivity index (χ1v) is 5.23. The van der Waals surface area contributed by atoms with Crippen LogP contribution in [0.1, 0.15) is 13.8 Å². The molecule has 0 unspecified atom stereocenters. The van der Waals surface area contributed by atoms with Crippen LogP contribution < -0.4 is 18.9 Å². The van der Waals surface area contributed by atoms with E-state index in [-0.39, 0.29) is 23.4 Å². The minimum atomic E-state index is -0.105. The second kappa shape index (κ2) is 5.52. The normalized spacial score (nSPS) is 10.2. The van der Waals surface area contributed by atoms with E-state index in [1.807, 2.05) is 13.8 Å². The molecule has 5 nitrogen and oxygen atoms in total. The number of hydrogen-bond acceptors (Lipinski definition) is 5. The number of hydrogen-bond donors (Lipinski definition) is 1. The molecule has 0 atom stereocenters. The molecule has 0 heterocycles. The molecule has 0 saturated carbocycles. The summed E-state index contributed by atoms with van der Waals surface area (Å²) < 4.78 is 20.9. The van der Waals surface area contributed by atoms with E-state index in [2.05, 4.69) is 0 Å². The van der Waals surface area contributed by atoms with Crippen LogP contribution in [-0.2, 0) is 0 Å². The summed E-state index contributed by atoms with van der Waals surface area (Å²) in [5, 5.41) is 9.92. The summed E-state index contributed by atoms with van der Waals surface area (Å²) in [5.74, 6) is 1.18. The maximum atomic E-state index is 9.92. The minimum absolute atomic E-state index is 0.0643. The highest BCUT2D eigenvalue weighted by Crippen LogP contribution is 2.49. The van der Waals surface area contributed by atoms with Crippen LogP contribution in [0.2, 0.25) is 0 Å². The lowest BCUT2D eigenvalue weighted by Gasteiger charge is -2.18. The molecule has 5 heteroatoms. The number of aromatic hydroxyl groups is 1. The summed E-state index contributed by atoms with van der Waals surface area (Å²) in [6.45, 7) is 3.75. The number of benzene rings is 1. The van der Waals surface area contributed by atoms with Gasteiger partial charge in [0.25, 0.3) is 0 Å². The van der Waals surface area contributed by atoms with Crippen LogP contribution in [0.5, 0.6) is 28.7 Å². The SMILES string of the molecule is COc1cc(OC)c(OC(C)C)c(OC)c1O. The van der Waals surface area contributed by atoms with Crippen LogP contribution >= 0.6 is 0 Å². The van der Waals surface area contributed by atoms with Crippen molar-refractivity contribution in [2.45, 2.75) is 20.0 Å². The number of phenolic OH excluding ortho intramolecular Hbond substituents is 1. The van der Waals surface area contributed by atoms with E-state index >= 15 is 0 Å². The van der Waals surface area contributed by atoms with Crippen molar-refractivity contribution in [2.24, 2.45) is 0 Å². The largest absolute Gasteiger partial charge is 0.502 e. The van der Waals surface area contributed by atoms with Crippen molar-refractivity contribution in [1.82, 2.24) is 0 Å². The third-order valence-corrected chi connectivity index (χ3v) is 2.14. The van der Waals surface area contributed by atoms with Crippen LogP contribution in [0.4, 0.5) is 0 Å². The lowest BCUT2D eigenvalue weighted by molar-refractivity contribution is 0.213. The van der Waals surface area contributed by atoms with Gasteiger partial charge in [-0.3, -0.25) is 0 Å². The van der Waals surface area contributed by atoms with Gasteiger partial charge in [0.2, 0.25) is 17.2 Å². The van der Waals surface area contributed by atoms with Crippen LogP contribution in [0.15, 0.2) is 6.07 Å². The molecular formula is C12H18O5. The minimum Gasteiger partial charge on any atom is -0.502 e.